The summed E-state index contributed by atoms with van der Waals surface area (Å²) >= 11 is 9.58. The van der Waals surface area contributed by atoms with Crippen LogP contribution in [0, 0.1) is 0 Å². The Balaban J connectivity index is 1.93. The van der Waals surface area contributed by atoms with Crippen LogP contribution in [-0.4, -0.2) is 17.0 Å². The molecule has 1 aromatic heterocycles. The molecule has 0 spiro atoms. The van der Waals surface area contributed by atoms with Crippen molar-refractivity contribution in [1.29, 1.82) is 0 Å². The Morgan fingerprint density at radius 2 is 2.00 bits per heavy atom. The average molecular weight is 354 g/mol. The summed E-state index contributed by atoms with van der Waals surface area (Å²) in [6.07, 6.45) is 2.35. The summed E-state index contributed by atoms with van der Waals surface area (Å²) in [4.78, 5) is 9.08. The standard InChI is InChI=1S/C14H14BrClN4/c1-17-11-7-12(20-14(19-11)8-5-6-8)18-10-4-2-3-9(16)13(10)15/h2-4,7-8H,5-6H2,1H3,(H2,17,18,19,20). The Labute approximate surface area is 131 Å². The van der Waals surface area contributed by atoms with E-state index in [1.165, 1.54) is 12.8 Å². The first-order valence-corrected chi connectivity index (χ1v) is 7.62. The van der Waals surface area contributed by atoms with Crippen molar-refractivity contribution in [3.8, 4) is 0 Å². The minimum Gasteiger partial charge on any atom is -0.373 e. The molecule has 104 valence electrons. The molecular weight excluding hydrogens is 340 g/mol. The van der Waals surface area contributed by atoms with Gasteiger partial charge in [-0.15, -0.1) is 0 Å². The Morgan fingerprint density at radius 3 is 2.70 bits per heavy atom. The van der Waals surface area contributed by atoms with Gasteiger partial charge in [0.15, 0.2) is 0 Å². The van der Waals surface area contributed by atoms with Crippen molar-refractivity contribution in [1.82, 2.24) is 9.97 Å². The molecular formula is C14H14BrClN4. The molecule has 0 bridgehead atoms. The van der Waals surface area contributed by atoms with Gasteiger partial charge in [0, 0.05) is 19.0 Å². The first-order valence-electron chi connectivity index (χ1n) is 6.45. The highest BCUT2D eigenvalue weighted by Crippen LogP contribution is 2.39. The molecule has 6 heteroatoms. The zero-order valence-electron chi connectivity index (χ0n) is 11.0. The van der Waals surface area contributed by atoms with E-state index in [4.69, 9.17) is 11.6 Å². The predicted octanol–water partition coefficient (Wildman–Crippen LogP) is 4.56. The number of nitrogens with zero attached hydrogens (tertiary/aromatic N) is 2. The Bertz CT molecular complexity index is 643. The molecule has 0 saturated heterocycles. The highest BCUT2D eigenvalue weighted by atomic mass is 79.9. The van der Waals surface area contributed by atoms with E-state index in [0.717, 1.165) is 27.6 Å². The van der Waals surface area contributed by atoms with Crippen LogP contribution in [0.25, 0.3) is 0 Å². The molecule has 1 aliphatic rings. The summed E-state index contributed by atoms with van der Waals surface area (Å²) in [6, 6.07) is 7.58. The molecule has 0 unspecified atom stereocenters. The lowest BCUT2D eigenvalue weighted by Crippen LogP contribution is -2.03. The van der Waals surface area contributed by atoms with Gasteiger partial charge in [0.25, 0.3) is 0 Å². The largest absolute Gasteiger partial charge is 0.373 e. The van der Waals surface area contributed by atoms with Crippen LogP contribution in [0.1, 0.15) is 24.6 Å². The molecule has 1 fully saturated rings. The van der Waals surface area contributed by atoms with Crippen LogP contribution in [-0.2, 0) is 0 Å². The van der Waals surface area contributed by atoms with Gasteiger partial charge in [-0.3, -0.25) is 0 Å². The smallest absolute Gasteiger partial charge is 0.136 e. The Morgan fingerprint density at radius 1 is 1.25 bits per heavy atom. The normalized spacial score (nSPS) is 14.2. The monoisotopic (exact) mass is 352 g/mol. The lowest BCUT2D eigenvalue weighted by atomic mass is 10.3. The SMILES string of the molecule is CNc1cc(Nc2cccc(Cl)c2Br)nc(C2CC2)n1. The Hall–Kier alpha value is -1.33. The van der Waals surface area contributed by atoms with Crippen LogP contribution in [0.2, 0.25) is 5.02 Å². The highest BCUT2D eigenvalue weighted by molar-refractivity contribution is 9.10. The van der Waals surface area contributed by atoms with Crippen molar-refractivity contribution in [2.75, 3.05) is 17.7 Å². The van der Waals surface area contributed by atoms with Crippen molar-refractivity contribution in [3.05, 3.63) is 39.6 Å². The first kappa shape index (κ1) is 13.6. The molecule has 0 atom stereocenters. The molecule has 0 amide bonds. The van der Waals surface area contributed by atoms with E-state index in [1.807, 2.05) is 31.3 Å². The van der Waals surface area contributed by atoms with E-state index in [1.54, 1.807) is 0 Å². The number of anilines is 3. The number of aromatic nitrogens is 2. The van der Waals surface area contributed by atoms with Crippen molar-refractivity contribution in [3.63, 3.8) is 0 Å². The molecule has 1 aliphatic carbocycles. The fourth-order valence-electron chi connectivity index (χ4n) is 1.92. The molecule has 20 heavy (non-hydrogen) atoms. The van der Waals surface area contributed by atoms with Gasteiger partial charge in [0.1, 0.15) is 17.5 Å². The maximum atomic E-state index is 6.10. The molecule has 1 aromatic carbocycles. The molecule has 0 aliphatic heterocycles. The number of benzene rings is 1. The summed E-state index contributed by atoms with van der Waals surface area (Å²) < 4.78 is 0.833. The zero-order valence-corrected chi connectivity index (χ0v) is 13.3. The molecule has 1 heterocycles. The van der Waals surface area contributed by atoms with Gasteiger partial charge in [0.05, 0.1) is 15.2 Å². The van der Waals surface area contributed by atoms with E-state index in [2.05, 4.69) is 36.5 Å². The Kier molecular flexibility index (Phi) is 3.81. The first-order chi connectivity index (χ1) is 9.67. The van der Waals surface area contributed by atoms with Gasteiger partial charge < -0.3 is 10.6 Å². The second-order valence-corrected chi connectivity index (χ2v) is 5.95. The van der Waals surface area contributed by atoms with Crippen LogP contribution in [0.4, 0.5) is 17.3 Å². The minimum atomic E-state index is 0.506. The predicted molar refractivity (Wildman–Crippen MR) is 86.0 cm³/mol. The van der Waals surface area contributed by atoms with Gasteiger partial charge in [-0.2, -0.15) is 0 Å². The number of rotatable bonds is 4. The molecule has 4 nitrogen and oxygen atoms in total. The second-order valence-electron chi connectivity index (χ2n) is 4.75. The van der Waals surface area contributed by atoms with Crippen LogP contribution in [0.5, 0.6) is 0 Å². The fourth-order valence-corrected chi connectivity index (χ4v) is 2.46. The summed E-state index contributed by atoms with van der Waals surface area (Å²) in [5, 5.41) is 7.03. The van der Waals surface area contributed by atoms with Crippen LogP contribution >= 0.6 is 27.5 Å². The van der Waals surface area contributed by atoms with Crippen LogP contribution in [0.15, 0.2) is 28.7 Å². The quantitative estimate of drug-likeness (QED) is 0.846. The third kappa shape index (κ3) is 2.88. The van der Waals surface area contributed by atoms with Crippen molar-refractivity contribution in [2.45, 2.75) is 18.8 Å². The van der Waals surface area contributed by atoms with Crippen molar-refractivity contribution >= 4 is 44.9 Å². The number of hydrogen-bond acceptors (Lipinski definition) is 4. The maximum Gasteiger partial charge on any atom is 0.136 e. The summed E-state index contributed by atoms with van der Waals surface area (Å²) in [7, 11) is 1.86. The molecule has 0 radical (unpaired) electrons. The molecule has 3 rings (SSSR count). The summed E-state index contributed by atoms with van der Waals surface area (Å²) in [6.45, 7) is 0. The third-order valence-corrected chi connectivity index (χ3v) is 4.55. The van der Waals surface area contributed by atoms with E-state index < -0.39 is 0 Å². The summed E-state index contributed by atoms with van der Waals surface area (Å²) in [5.41, 5.74) is 0.889. The zero-order chi connectivity index (χ0) is 14.1. The number of nitrogens with one attached hydrogen (secondary N) is 2. The van der Waals surface area contributed by atoms with Gasteiger partial charge in [0.2, 0.25) is 0 Å². The third-order valence-electron chi connectivity index (χ3n) is 3.16. The van der Waals surface area contributed by atoms with E-state index in [-0.39, 0.29) is 0 Å². The summed E-state index contributed by atoms with van der Waals surface area (Å²) in [5.74, 6) is 3.00. The number of halogens is 2. The van der Waals surface area contributed by atoms with E-state index in [9.17, 15) is 0 Å². The second kappa shape index (κ2) is 5.58. The van der Waals surface area contributed by atoms with Gasteiger partial charge in [-0.1, -0.05) is 17.7 Å². The molecule has 1 saturated carbocycles. The lowest BCUT2D eigenvalue weighted by molar-refractivity contribution is 0.932. The van der Waals surface area contributed by atoms with E-state index in [0.29, 0.717) is 10.9 Å². The van der Waals surface area contributed by atoms with Gasteiger partial charge in [-0.05, 0) is 40.9 Å². The minimum absolute atomic E-state index is 0.506. The van der Waals surface area contributed by atoms with Crippen LogP contribution in [0.3, 0.4) is 0 Å². The van der Waals surface area contributed by atoms with Crippen molar-refractivity contribution < 1.29 is 0 Å². The highest BCUT2D eigenvalue weighted by Gasteiger charge is 2.27. The number of hydrogen-bond donors (Lipinski definition) is 2. The fraction of sp³-hybridized carbons (Fsp3) is 0.286. The molecule has 2 aromatic rings. The maximum absolute atomic E-state index is 6.10. The average Bonchev–Trinajstić information content (AvgIpc) is 3.28. The van der Waals surface area contributed by atoms with E-state index >= 15 is 0 Å². The topological polar surface area (TPSA) is 49.8 Å². The van der Waals surface area contributed by atoms with Crippen molar-refractivity contribution in [2.24, 2.45) is 0 Å². The molecule has 2 N–H and O–H groups in total. The van der Waals surface area contributed by atoms with Gasteiger partial charge in [-0.25, -0.2) is 9.97 Å². The van der Waals surface area contributed by atoms with Crippen LogP contribution < -0.4 is 10.6 Å². The lowest BCUT2D eigenvalue weighted by Gasteiger charge is -2.11. The van der Waals surface area contributed by atoms with Gasteiger partial charge >= 0.3 is 0 Å².